The first-order chi connectivity index (χ1) is 13.2. The topological polar surface area (TPSA) is 37.2 Å². The highest BCUT2D eigenvalue weighted by Gasteiger charge is 2.27. The minimum atomic E-state index is -0.100. The molecule has 3 heterocycles. The molecule has 4 rings (SSSR count). The lowest BCUT2D eigenvalue weighted by Crippen LogP contribution is -2.33. The first-order valence-corrected chi connectivity index (χ1v) is 10.3. The summed E-state index contributed by atoms with van der Waals surface area (Å²) in [6, 6.07) is 7.10. The van der Waals surface area contributed by atoms with Crippen LogP contribution in [0.2, 0.25) is 0 Å². The number of piperidine rings is 1. The summed E-state index contributed by atoms with van der Waals surface area (Å²) in [5.41, 5.74) is 0.792. The van der Waals surface area contributed by atoms with Crippen molar-refractivity contribution in [2.24, 2.45) is 0 Å². The lowest BCUT2D eigenvalue weighted by molar-refractivity contribution is 0.197. The van der Waals surface area contributed by atoms with Gasteiger partial charge < -0.3 is 4.57 Å². The molecular formula is C21H30FN5. The van der Waals surface area contributed by atoms with E-state index in [0.29, 0.717) is 12.5 Å². The highest BCUT2D eigenvalue weighted by Crippen LogP contribution is 2.28. The molecule has 0 amide bonds. The van der Waals surface area contributed by atoms with Crippen molar-refractivity contribution in [3.63, 3.8) is 0 Å². The van der Waals surface area contributed by atoms with E-state index in [1.165, 1.54) is 25.9 Å². The van der Waals surface area contributed by atoms with E-state index in [4.69, 9.17) is 0 Å². The Hall–Kier alpha value is -1.79. The monoisotopic (exact) mass is 371 g/mol. The second kappa shape index (κ2) is 8.48. The van der Waals surface area contributed by atoms with E-state index in [1.807, 2.05) is 12.1 Å². The minimum Gasteiger partial charge on any atom is -0.314 e. The minimum absolute atomic E-state index is 0.100. The van der Waals surface area contributed by atoms with E-state index in [2.05, 4.69) is 31.5 Å². The zero-order chi connectivity index (χ0) is 18.6. The summed E-state index contributed by atoms with van der Waals surface area (Å²) < 4.78 is 16.2. The van der Waals surface area contributed by atoms with Gasteiger partial charge in [-0.1, -0.05) is 18.2 Å². The number of nitrogens with zero attached hydrogens (tertiary/aromatic N) is 5. The van der Waals surface area contributed by atoms with E-state index in [1.54, 1.807) is 12.1 Å². The summed E-state index contributed by atoms with van der Waals surface area (Å²) in [7, 11) is 0. The summed E-state index contributed by atoms with van der Waals surface area (Å²) in [6.07, 6.45) is 4.73. The van der Waals surface area contributed by atoms with Crippen molar-refractivity contribution in [3.8, 4) is 0 Å². The molecule has 2 aliphatic rings. The lowest BCUT2D eigenvalue weighted by atomic mass is 9.95. The number of aromatic nitrogens is 3. The number of hydrogen-bond donors (Lipinski definition) is 0. The first-order valence-electron chi connectivity index (χ1n) is 10.3. The number of benzene rings is 1. The molecule has 0 radical (unpaired) electrons. The van der Waals surface area contributed by atoms with Crippen LogP contribution in [0.15, 0.2) is 24.3 Å². The van der Waals surface area contributed by atoms with Crippen molar-refractivity contribution in [2.45, 2.75) is 58.2 Å². The normalized spacial score (nSPS) is 19.8. The molecule has 2 fully saturated rings. The van der Waals surface area contributed by atoms with Gasteiger partial charge >= 0.3 is 0 Å². The molecule has 0 N–H and O–H groups in total. The second-order valence-corrected chi connectivity index (χ2v) is 7.84. The summed E-state index contributed by atoms with van der Waals surface area (Å²) in [6.45, 7) is 9.07. The van der Waals surface area contributed by atoms with E-state index in [-0.39, 0.29) is 5.82 Å². The Labute approximate surface area is 161 Å². The average Bonchev–Trinajstić information content (AvgIpc) is 3.34. The molecule has 2 aliphatic heterocycles. The number of hydrogen-bond acceptors (Lipinski definition) is 4. The smallest absolute Gasteiger partial charge is 0.147 e. The largest absolute Gasteiger partial charge is 0.314 e. The van der Waals surface area contributed by atoms with Crippen LogP contribution in [0.25, 0.3) is 0 Å². The third-order valence-electron chi connectivity index (χ3n) is 6.04. The van der Waals surface area contributed by atoms with Crippen molar-refractivity contribution in [2.75, 3.05) is 26.2 Å². The van der Waals surface area contributed by atoms with Gasteiger partial charge in [-0.05, 0) is 64.9 Å². The molecule has 2 aromatic rings. The molecule has 1 aromatic carbocycles. The molecule has 2 saturated heterocycles. The summed E-state index contributed by atoms with van der Waals surface area (Å²) >= 11 is 0. The molecule has 27 heavy (non-hydrogen) atoms. The van der Waals surface area contributed by atoms with Crippen LogP contribution in [-0.2, 0) is 19.6 Å². The Morgan fingerprint density at radius 1 is 0.963 bits per heavy atom. The fraction of sp³-hybridized carbons (Fsp3) is 0.619. The van der Waals surface area contributed by atoms with Crippen LogP contribution in [0.3, 0.4) is 0 Å². The van der Waals surface area contributed by atoms with Crippen LogP contribution in [-0.4, -0.2) is 50.7 Å². The number of halogens is 1. The van der Waals surface area contributed by atoms with Crippen molar-refractivity contribution < 1.29 is 4.39 Å². The van der Waals surface area contributed by atoms with Crippen molar-refractivity contribution in [1.29, 1.82) is 0 Å². The van der Waals surface area contributed by atoms with Gasteiger partial charge in [-0.2, -0.15) is 0 Å². The molecule has 0 aliphatic carbocycles. The zero-order valence-corrected chi connectivity index (χ0v) is 16.3. The third kappa shape index (κ3) is 4.22. The Kier molecular flexibility index (Phi) is 5.83. The van der Waals surface area contributed by atoms with Crippen LogP contribution < -0.4 is 0 Å². The predicted molar refractivity (Wildman–Crippen MR) is 104 cm³/mol. The second-order valence-electron chi connectivity index (χ2n) is 7.84. The summed E-state index contributed by atoms with van der Waals surface area (Å²) in [5, 5.41) is 9.12. The number of likely N-dealkylation sites (tertiary alicyclic amines) is 2. The van der Waals surface area contributed by atoms with Crippen LogP contribution in [0, 0.1) is 5.82 Å². The van der Waals surface area contributed by atoms with Gasteiger partial charge in [0.2, 0.25) is 0 Å². The van der Waals surface area contributed by atoms with E-state index in [0.717, 1.165) is 56.2 Å². The molecule has 5 nitrogen and oxygen atoms in total. The van der Waals surface area contributed by atoms with Gasteiger partial charge in [-0.3, -0.25) is 9.80 Å². The molecule has 0 bridgehead atoms. The zero-order valence-electron chi connectivity index (χ0n) is 16.3. The molecule has 146 valence electrons. The van der Waals surface area contributed by atoms with Gasteiger partial charge in [0.05, 0.1) is 6.54 Å². The molecule has 0 saturated carbocycles. The standard InChI is InChI=1S/C21H30FN5/c1-2-27-20(16-25-11-5-6-12-25)23-24-21(27)17-9-13-26(14-10-17)15-18-7-3-4-8-19(18)22/h3-4,7-8,17H,2,5-6,9-16H2,1H3. The fourth-order valence-electron chi connectivity index (χ4n) is 4.47. The van der Waals surface area contributed by atoms with Crippen LogP contribution in [0.5, 0.6) is 0 Å². The van der Waals surface area contributed by atoms with Gasteiger partial charge in [0.1, 0.15) is 17.5 Å². The SMILES string of the molecule is CCn1c(CN2CCCC2)nnc1C1CCN(Cc2ccccc2F)CC1. The maximum absolute atomic E-state index is 13.9. The van der Waals surface area contributed by atoms with Crippen molar-refractivity contribution in [3.05, 3.63) is 47.3 Å². The predicted octanol–water partition coefficient (Wildman–Crippen LogP) is 3.41. The molecular weight excluding hydrogens is 341 g/mol. The molecule has 0 spiro atoms. The molecule has 0 atom stereocenters. The van der Waals surface area contributed by atoms with Gasteiger partial charge in [-0.15, -0.1) is 10.2 Å². The first kappa shape index (κ1) is 18.6. The highest BCUT2D eigenvalue weighted by atomic mass is 19.1. The lowest BCUT2D eigenvalue weighted by Gasteiger charge is -2.31. The van der Waals surface area contributed by atoms with Crippen molar-refractivity contribution >= 4 is 0 Å². The van der Waals surface area contributed by atoms with Crippen LogP contribution >= 0.6 is 0 Å². The molecule has 1 aromatic heterocycles. The van der Waals surface area contributed by atoms with E-state index in [9.17, 15) is 4.39 Å². The van der Waals surface area contributed by atoms with Gasteiger partial charge in [-0.25, -0.2) is 4.39 Å². The molecule has 0 unspecified atom stereocenters. The van der Waals surface area contributed by atoms with Gasteiger partial charge in [0, 0.05) is 24.6 Å². The average molecular weight is 372 g/mol. The fourth-order valence-corrected chi connectivity index (χ4v) is 4.47. The maximum Gasteiger partial charge on any atom is 0.147 e. The Morgan fingerprint density at radius 2 is 1.67 bits per heavy atom. The Morgan fingerprint density at radius 3 is 2.37 bits per heavy atom. The van der Waals surface area contributed by atoms with Crippen LogP contribution in [0.1, 0.15) is 55.7 Å². The Balaban J connectivity index is 1.37. The van der Waals surface area contributed by atoms with Gasteiger partial charge in [0.15, 0.2) is 0 Å². The Bertz CT molecular complexity index is 745. The van der Waals surface area contributed by atoms with Crippen molar-refractivity contribution in [1.82, 2.24) is 24.6 Å². The van der Waals surface area contributed by atoms with Crippen LogP contribution in [0.4, 0.5) is 4.39 Å². The summed E-state index contributed by atoms with van der Waals surface area (Å²) in [4.78, 5) is 4.84. The summed E-state index contributed by atoms with van der Waals surface area (Å²) in [5.74, 6) is 2.62. The molecule has 6 heteroatoms. The number of rotatable bonds is 6. The maximum atomic E-state index is 13.9. The highest BCUT2D eigenvalue weighted by molar-refractivity contribution is 5.17. The van der Waals surface area contributed by atoms with E-state index >= 15 is 0 Å². The third-order valence-corrected chi connectivity index (χ3v) is 6.04. The quantitative estimate of drug-likeness (QED) is 0.780. The van der Waals surface area contributed by atoms with Gasteiger partial charge in [0.25, 0.3) is 0 Å². The van der Waals surface area contributed by atoms with E-state index < -0.39 is 0 Å².